The molecule has 0 aliphatic heterocycles. The van der Waals surface area contributed by atoms with Gasteiger partial charge < -0.3 is 0 Å². The van der Waals surface area contributed by atoms with Crippen LogP contribution in [0.1, 0.15) is 52.1 Å². The zero-order valence-electron chi connectivity index (χ0n) is 17.3. The summed E-state index contributed by atoms with van der Waals surface area (Å²) >= 11 is 0. The molecule has 4 aromatic carbocycles. The Hall–Kier alpha value is -3.12. The van der Waals surface area contributed by atoms with Gasteiger partial charge in [-0.2, -0.15) is 0 Å². The first-order valence-electron chi connectivity index (χ1n) is 10.5. The van der Waals surface area contributed by atoms with E-state index in [0.717, 1.165) is 6.42 Å². The molecule has 0 spiro atoms. The molecule has 0 aliphatic carbocycles. The second-order valence-electron chi connectivity index (χ2n) is 7.91. The van der Waals surface area contributed by atoms with Crippen LogP contribution in [-0.2, 0) is 6.42 Å². The lowest BCUT2D eigenvalue weighted by atomic mass is 9.81. The van der Waals surface area contributed by atoms with E-state index >= 15 is 0 Å². The van der Waals surface area contributed by atoms with E-state index in [1.165, 1.54) is 33.4 Å². The molecule has 2 atom stereocenters. The monoisotopic (exact) mass is 376 g/mol. The predicted molar refractivity (Wildman–Crippen MR) is 124 cm³/mol. The normalized spacial score (nSPS) is 13.0. The van der Waals surface area contributed by atoms with Gasteiger partial charge in [-0.3, -0.25) is 0 Å². The molecule has 0 saturated carbocycles. The maximum Gasteiger partial charge on any atom is 0.0130 e. The first kappa shape index (κ1) is 19.2. The zero-order valence-corrected chi connectivity index (χ0v) is 17.3. The molecule has 0 heteroatoms. The van der Waals surface area contributed by atoms with Crippen LogP contribution in [0.4, 0.5) is 0 Å². The fourth-order valence-corrected chi connectivity index (χ4v) is 4.20. The summed E-state index contributed by atoms with van der Waals surface area (Å²) in [6.07, 6.45) is 1.00. The van der Waals surface area contributed by atoms with Crippen molar-refractivity contribution < 1.29 is 0 Å². The highest BCUT2D eigenvalue weighted by molar-refractivity contribution is 5.41. The topological polar surface area (TPSA) is 0 Å². The van der Waals surface area contributed by atoms with Crippen molar-refractivity contribution in [2.45, 2.75) is 32.1 Å². The molecule has 4 aromatic rings. The highest BCUT2D eigenvalue weighted by atomic mass is 14.2. The maximum atomic E-state index is 2.32. The molecule has 0 radical (unpaired) electrons. The summed E-state index contributed by atoms with van der Waals surface area (Å²) in [4.78, 5) is 0. The summed E-state index contributed by atoms with van der Waals surface area (Å²) in [5.41, 5.74) is 8.28. The van der Waals surface area contributed by atoms with E-state index in [1.54, 1.807) is 0 Å². The van der Waals surface area contributed by atoms with Gasteiger partial charge in [0.15, 0.2) is 0 Å². The summed E-state index contributed by atoms with van der Waals surface area (Å²) < 4.78 is 0. The average Bonchev–Trinajstić information content (AvgIpc) is 2.79. The van der Waals surface area contributed by atoms with Crippen molar-refractivity contribution in [3.8, 4) is 0 Å². The molecule has 0 amide bonds. The van der Waals surface area contributed by atoms with Crippen LogP contribution in [0.3, 0.4) is 0 Å². The lowest BCUT2D eigenvalue weighted by Crippen LogP contribution is -2.09. The lowest BCUT2D eigenvalue weighted by Gasteiger charge is -2.23. The predicted octanol–water partition coefficient (Wildman–Crippen LogP) is 7.52. The van der Waals surface area contributed by atoms with Crippen LogP contribution in [0.2, 0.25) is 0 Å². The van der Waals surface area contributed by atoms with Crippen LogP contribution in [0.15, 0.2) is 109 Å². The van der Waals surface area contributed by atoms with E-state index in [1.807, 2.05) is 0 Å². The van der Waals surface area contributed by atoms with Crippen molar-refractivity contribution in [2.24, 2.45) is 0 Å². The van der Waals surface area contributed by atoms with Crippen molar-refractivity contribution >= 4 is 0 Å². The largest absolute Gasteiger partial charge is 0.0622 e. The zero-order chi connectivity index (χ0) is 20.1. The Balaban J connectivity index is 1.73. The molecule has 0 aromatic heterocycles. The highest BCUT2D eigenvalue weighted by Crippen LogP contribution is 2.33. The minimum atomic E-state index is 0.348. The van der Waals surface area contributed by atoms with Crippen molar-refractivity contribution in [3.05, 3.63) is 143 Å². The van der Waals surface area contributed by atoms with Crippen LogP contribution in [0.25, 0.3) is 0 Å². The van der Waals surface area contributed by atoms with E-state index in [9.17, 15) is 0 Å². The van der Waals surface area contributed by atoms with Gasteiger partial charge in [0.25, 0.3) is 0 Å². The van der Waals surface area contributed by atoms with Gasteiger partial charge in [-0.1, -0.05) is 122 Å². The quantitative estimate of drug-likeness (QED) is 0.326. The van der Waals surface area contributed by atoms with Gasteiger partial charge in [-0.15, -0.1) is 0 Å². The lowest BCUT2D eigenvalue weighted by molar-refractivity contribution is 0.781. The SMILES string of the molecule is Cc1ccc(C(Cc2ccccc2C(C)c2ccccc2)c2ccccc2)cc1. The van der Waals surface area contributed by atoms with Crippen LogP contribution in [-0.4, -0.2) is 0 Å². The Morgan fingerprint density at radius 1 is 0.552 bits per heavy atom. The molecule has 2 unspecified atom stereocenters. The Kier molecular flexibility index (Phi) is 5.91. The summed E-state index contributed by atoms with van der Waals surface area (Å²) in [6.45, 7) is 4.47. The van der Waals surface area contributed by atoms with Crippen molar-refractivity contribution in [1.82, 2.24) is 0 Å². The van der Waals surface area contributed by atoms with Crippen molar-refractivity contribution in [2.75, 3.05) is 0 Å². The Bertz CT molecular complexity index is 1030. The molecule has 0 N–H and O–H groups in total. The van der Waals surface area contributed by atoms with Gasteiger partial charge in [0, 0.05) is 11.8 Å². The molecule has 0 aliphatic rings. The van der Waals surface area contributed by atoms with Crippen molar-refractivity contribution in [3.63, 3.8) is 0 Å². The summed E-state index contributed by atoms with van der Waals surface area (Å²) in [5, 5.41) is 0. The Labute approximate surface area is 174 Å². The minimum absolute atomic E-state index is 0.348. The van der Waals surface area contributed by atoms with Gasteiger partial charge >= 0.3 is 0 Å². The third-order valence-corrected chi connectivity index (χ3v) is 5.93. The molecular formula is C29H28. The molecular weight excluding hydrogens is 348 g/mol. The number of hydrogen-bond donors (Lipinski definition) is 0. The molecule has 0 bridgehead atoms. The first-order chi connectivity index (χ1) is 14.2. The molecule has 0 heterocycles. The highest BCUT2D eigenvalue weighted by Gasteiger charge is 2.19. The summed E-state index contributed by atoms with van der Waals surface area (Å²) in [6, 6.07) is 39.7. The third-order valence-electron chi connectivity index (χ3n) is 5.93. The van der Waals surface area contributed by atoms with E-state index in [4.69, 9.17) is 0 Å². The maximum absolute atomic E-state index is 2.32. The number of rotatable bonds is 6. The van der Waals surface area contributed by atoms with Crippen molar-refractivity contribution in [1.29, 1.82) is 0 Å². The molecule has 0 saturated heterocycles. The fraction of sp³-hybridized carbons (Fsp3) is 0.172. The van der Waals surface area contributed by atoms with E-state index in [2.05, 4.69) is 123 Å². The molecule has 144 valence electrons. The summed E-state index contributed by atoms with van der Waals surface area (Å²) in [5.74, 6) is 0.725. The van der Waals surface area contributed by atoms with Gasteiger partial charge in [-0.05, 0) is 41.2 Å². The number of benzene rings is 4. The van der Waals surface area contributed by atoms with Crippen LogP contribution >= 0.6 is 0 Å². The fourth-order valence-electron chi connectivity index (χ4n) is 4.20. The van der Waals surface area contributed by atoms with Gasteiger partial charge in [0.05, 0.1) is 0 Å². The van der Waals surface area contributed by atoms with Crippen LogP contribution in [0.5, 0.6) is 0 Å². The van der Waals surface area contributed by atoms with E-state index < -0.39 is 0 Å². The van der Waals surface area contributed by atoms with Gasteiger partial charge in [-0.25, -0.2) is 0 Å². The summed E-state index contributed by atoms with van der Waals surface area (Å²) in [7, 11) is 0. The average molecular weight is 377 g/mol. The number of aryl methyl sites for hydroxylation is 1. The molecule has 4 rings (SSSR count). The third kappa shape index (κ3) is 4.49. The minimum Gasteiger partial charge on any atom is -0.0622 e. The van der Waals surface area contributed by atoms with Crippen LogP contribution in [0, 0.1) is 6.92 Å². The van der Waals surface area contributed by atoms with Crippen LogP contribution < -0.4 is 0 Å². The second-order valence-corrected chi connectivity index (χ2v) is 7.91. The Morgan fingerprint density at radius 3 is 1.72 bits per heavy atom. The first-order valence-corrected chi connectivity index (χ1v) is 10.5. The molecule has 0 nitrogen and oxygen atoms in total. The second kappa shape index (κ2) is 8.92. The molecule has 29 heavy (non-hydrogen) atoms. The Morgan fingerprint density at radius 2 is 1.07 bits per heavy atom. The van der Waals surface area contributed by atoms with Gasteiger partial charge in [0.1, 0.15) is 0 Å². The standard InChI is InChI=1S/C29H28/c1-22-17-19-26(20-18-22)29(25-13-7-4-8-14-25)21-27-15-9-10-16-28(27)23(2)24-11-5-3-6-12-24/h3-20,23,29H,21H2,1-2H3. The molecule has 0 fully saturated rings. The van der Waals surface area contributed by atoms with E-state index in [0.29, 0.717) is 11.8 Å². The van der Waals surface area contributed by atoms with E-state index in [-0.39, 0.29) is 0 Å². The van der Waals surface area contributed by atoms with Gasteiger partial charge in [0.2, 0.25) is 0 Å². The smallest absolute Gasteiger partial charge is 0.0130 e. The number of hydrogen-bond acceptors (Lipinski definition) is 0.